The predicted molar refractivity (Wildman–Crippen MR) is 123 cm³/mol. The lowest BCUT2D eigenvalue weighted by Crippen LogP contribution is -2.36. The van der Waals surface area contributed by atoms with Gasteiger partial charge in [-0.05, 0) is 18.9 Å². The molecule has 2 fully saturated rings. The molecule has 2 saturated heterocycles. The Bertz CT molecular complexity index is 609. The number of hydrogen-bond acceptors (Lipinski definition) is 7. The number of ether oxygens (including phenoxy) is 3. The summed E-state index contributed by atoms with van der Waals surface area (Å²) in [6.45, 7) is 6.99. The second-order valence-corrected chi connectivity index (χ2v) is 8.82. The molecule has 3 atom stereocenters. The number of unbranched alkanes of at least 4 members (excludes halogenated alkanes) is 1. The quantitative estimate of drug-likeness (QED) is 0.127. The lowest BCUT2D eigenvalue weighted by molar-refractivity contribution is -0.121. The van der Waals surface area contributed by atoms with Crippen LogP contribution in [0.15, 0.2) is 12.7 Å². The minimum absolute atomic E-state index is 0.0408. The Labute approximate surface area is 193 Å². The molecule has 0 radical (unpaired) electrons. The van der Waals surface area contributed by atoms with Crippen LogP contribution in [0.1, 0.15) is 25.7 Å². The standard InChI is InChI=1S/C21H36N4O6S/c1-2-18(26)22-7-9-29-11-13-31-14-12-30-10-8-23-19(27)6-4-3-5-17-20-16(15-32-17)24-21(28)25-20/h2,16-17,20H,1,3-15H2,(H,22,26)(H,23,27)(H2,24,25,28)/t16-,17-,20-/m0/s1. The van der Waals surface area contributed by atoms with E-state index in [4.69, 9.17) is 14.2 Å². The normalized spacial score (nSPS) is 21.5. The van der Waals surface area contributed by atoms with E-state index in [0.717, 1.165) is 25.0 Å². The molecule has 4 amide bonds. The minimum Gasteiger partial charge on any atom is -0.377 e. The van der Waals surface area contributed by atoms with Gasteiger partial charge in [-0.2, -0.15) is 11.8 Å². The lowest BCUT2D eigenvalue weighted by atomic mass is 10.0. The Balaban J connectivity index is 1.30. The molecule has 11 heteroatoms. The fourth-order valence-corrected chi connectivity index (χ4v) is 5.03. The van der Waals surface area contributed by atoms with Gasteiger partial charge >= 0.3 is 6.03 Å². The Morgan fingerprint density at radius 1 is 1.00 bits per heavy atom. The van der Waals surface area contributed by atoms with Crippen LogP contribution in [0.2, 0.25) is 0 Å². The summed E-state index contributed by atoms with van der Waals surface area (Å²) in [6, 6.07) is 0.421. The second kappa shape index (κ2) is 15.9. The van der Waals surface area contributed by atoms with Crippen LogP contribution in [0, 0.1) is 0 Å². The largest absolute Gasteiger partial charge is 0.377 e. The summed E-state index contributed by atoms with van der Waals surface area (Å²) in [5.41, 5.74) is 0. The fourth-order valence-electron chi connectivity index (χ4n) is 3.49. The number of hydrogen-bond donors (Lipinski definition) is 4. The number of nitrogens with one attached hydrogen (secondary N) is 4. The molecule has 4 N–H and O–H groups in total. The molecule has 32 heavy (non-hydrogen) atoms. The Hall–Kier alpha value is -1.82. The zero-order valence-electron chi connectivity index (χ0n) is 18.6. The fraction of sp³-hybridized carbons (Fsp3) is 0.762. The number of carbonyl (C=O) groups is 3. The molecule has 0 aliphatic carbocycles. The zero-order valence-corrected chi connectivity index (χ0v) is 19.4. The summed E-state index contributed by atoms with van der Waals surface area (Å²) in [5.74, 6) is 0.790. The SMILES string of the molecule is C=CC(=O)NCCOCCOCCOCCNC(=O)CCCC[C@@H]1SC[C@@H]2NC(=O)N[C@@H]21. The molecule has 0 saturated carbocycles. The first-order valence-electron chi connectivity index (χ1n) is 11.2. The van der Waals surface area contributed by atoms with Crippen molar-refractivity contribution >= 4 is 29.6 Å². The highest BCUT2D eigenvalue weighted by Gasteiger charge is 2.42. The summed E-state index contributed by atoms with van der Waals surface area (Å²) in [5, 5.41) is 11.9. The molecule has 10 nitrogen and oxygen atoms in total. The van der Waals surface area contributed by atoms with Gasteiger partial charge in [0.1, 0.15) is 0 Å². The van der Waals surface area contributed by atoms with Crippen molar-refractivity contribution in [3.63, 3.8) is 0 Å². The molecule has 2 aliphatic rings. The Morgan fingerprint density at radius 3 is 2.34 bits per heavy atom. The van der Waals surface area contributed by atoms with E-state index in [1.807, 2.05) is 11.8 Å². The van der Waals surface area contributed by atoms with Crippen LogP contribution in [0.25, 0.3) is 0 Å². The number of amides is 4. The van der Waals surface area contributed by atoms with Gasteiger partial charge in [0.2, 0.25) is 11.8 Å². The van der Waals surface area contributed by atoms with Crippen molar-refractivity contribution in [3.8, 4) is 0 Å². The highest BCUT2D eigenvalue weighted by Crippen LogP contribution is 2.33. The maximum absolute atomic E-state index is 11.9. The maximum atomic E-state index is 11.9. The number of fused-ring (bicyclic) bond motifs is 1. The van der Waals surface area contributed by atoms with Gasteiger partial charge in [0.05, 0.1) is 51.7 Å². The van der Waals surface area contributed by atoms with E-state index in [2.05, 4.69) is 27.8 Å². The topological polar surface area (TPSA) is 127 Å². The third kappa shape index (κ3) is 10.7. The Kier molecular flexibility index (Phi) is 13.1. The van der Waals surface area contributed by atoms with Gasteiger partial charge in [-0.25, -0.2) is 4.79 Å². The number of rotatable bonds is 18. The van der Waals surface area contributed by atoms with E-state index < -0.39 is 0 Å². The van der Waals surface area contributed by atoms with Crippen molar-refractivity contribution in [2.75, 3.05) is 58.5 Å². The first-order valence-corrected chi connectivity index (χ1v) is 12.2. The van der Waals surface area contributed by atoms with Gasteiger partial charge in [0, 0.05) is 30.5 Å². The van der Waals surface area contributed by atoms with E-state index in [1.165, 1.54) is 6.08 Å². The van der Waals surface area contributed by atoms with Gasteiger partial charge in [-0.15, -0.1) is 0 Å². The third-order valence-corrected chi connectivity index (χ3v) is 6.63. The highest BCUT2D eigenvalue weighted by atomic mass is 32.2. The maximum Gasteiger partial charge on any atom is 0.315 e. The van der Waals surface area contributed by atoms with Gasteiger partial charge < -0.3 is 35.5 Å². The molecule has 2 heterocycles. The van der Waals surface area contributed by atoms with Gasteiger partial charge in [0.25, 0.3) is 0 Å². The van der Waals surface area contributed by atoms with Gasteiger partial charge in [-0.1, -0.05) is 13.0 Å². The predicted octanol–water partition coefficient (Wildman–Crippen LogP) is 0.180. The van der Waals surface area contributed by atoms with Crippen LogP contribution >= 0.6 is 11.8 Å². The first-order chi connectivity index (χ1) is 15.6. The summed E-state index contributed by atoms with van der Waals surface area (Å²) in [4.78, 5) is 34.2. The second-order valence-electron chi connectivity index (χ2n) is 7.55. The van der Waals surface area contributed by atoms with Crippen molar-refractivity contribution < 1.29 is 28.6 Å². The summed E-state index contributed by atoms with van der Waals surface area (Å²) < 4.78 is 16.1. The first kappa shape index (κ1) is 26.4. The zero-order chi connectivity index (χ0) is 23.0. The van der Waals surface area contributed by atoms with E-state index in [9.17, 15) is 14.4 Å². The van der Waals surface area contributed by atoms with E-state index >= 15 is 0 Å². The van der Waals surface area contributed by atoms with Crippen molar-refractivity contribution in [1.82, 2.24) is 21.3 Å². The van der Waals surface area contributed by atoms with Gasteiger partial charge in [-0.3, -0.25) is 9.59 Å². The highest BCUT2D eigenvalue weighted by molar-refractivity contribution is 8.00. The summed E-state index contributed by atoms with van der Waals surface area (Å²) >= 11 is 1.90. The number of carbonyl (C=O) groups excluding carboxylic acids is 3. The molecule has 0 unspecified atom stereocenters. The van der Waals surface area contributed by atoms with Crippen LogP contribution < -0.4 is 21.3 Å². The van der Waals surface area contributed by atoms with E-state index in [-0.39, 0.29) is 29.9 Å². The molecule has 0 bridgehead atoms. The average molecular weight is 473 g/mol. The molecule has 2 rings (SSSR count). The molecule has 0 aromatic heterocycles. The van der Waals surface area contributed by atoms with Crippen LogP contribution in [0.3, 0.4) is 0 Å². The lowest BCUT2D eigenvalue weighted by Gasteiger charge is -2.16. The molecular formula is C21H36N4O6S. The van der Waals surface area contributed by atoms with Crippen LogP contribution in [-0.2, 0) is 23.8 Å². The van der Waals surface area contributed by atoms with E-state index in [0.29, 0.717) is 64.4 Å². The molecule has 0 spiro atoms. The third-order valence-electron chi connectivity index (χ3n) is 5.12. The number of urea groups is 1. The van der Waals surface area contributed by atoms with Crippen molar-refractivity contribution in [2.45, 2.75) is 43.0 Å². The monoisotopic (exact) mass is 472 g/mol. The molecule has 0 aromatic rings. The number of thioether (sulfide) groups is 1. The van der Waals surface area contributed by atoms with Crippen LogP contribution in [0.5, 0.6) is 0 Å². The minimum atomic E-state index is -0.214. The van der Waals surface area contributed by atoms with Crippen LogP contribution in [-0.4, -0.2) is 93.7 Å². The Morgan fingerprint density at radius 2 is 1.66 bits per heavy atom. The molecule has 0 aromatic carbocycles. The van der Waals surface area contributed by atoms with Crippen molar-refractivity contribution in [1.29, 1.82) is 0 Å². The van der Waals surface area contributed by atoms with Crippen molar-refractivity contribution in [3.05, 3.63) is 12.7 Å². The molecular weight excluding hydrogens is 436 g/mol. The van der Waals surface area contributed by atoms with Gasteiger partial charge in [0.15, 0.2) is 0 Å². The van der Waals surface area contributed by atoms with Crippen LogP contribution in [0.4, 0.5) is 4.79 Å². The smallest absolute Gasteiger partial charge is 0.315 e. The van der Waals surface area contributed by atoms with Crippen molar-refractivity contribution in [2.24, 2.45) is 0 Å². The molecule has 2 aliphatic heterocycles. The molecule has 182 valence electrons. The summed E-state index contributed by atoms with van der Waals surface area (Å²) in [7, 11) is 0. The van der Waals surface area contributed by atoms with E-state index in [1.54, 1.807) is 0 Å². The average Bonchev–Trinajstić information content (AvgIpc) is 3.33. The summed E-state index contributed by atoms with van der Waals surface area (Å²) in [6.07, 6.45) is 4.57.